The van der Waals surface area contributed by atoms with Crippen LogP contribution in [0.1, 0.15) is 49.3 Å². The normalized spacial score (nSPS) is 23.2. The highest BCUT2D eigenvalue weighted by Gasteiger charge is 2.38. The van der Waals surface area contributed by atoms with Gasteiger partial charge in [0.2, 0.25) is 5.92 Å². The molecule has 21 heavy (non-hydrogen) atoms. The van der Waals surface area contributed by atoms with Gasteiger partial charge in [-0.05, 0) is 44.2 Å². The van der Waals surface area contributed by atoms with E-state index in [0.717, 1.165) is 30.8 Å². The van der Waals surface area contributed by atoms with Crippen molar-refractivity contribution in [2.45, 2.75) is 50.5 Å². The van der Waals surface area contributed by atoms with Crippen molar-refractivity contribution in [1.29, 1.82) is 0 Å². The molecule has 4 heteroatoms. The molecule has 1 fully saturated rings. The van der Waals surface area contributed by atoms with Crippen LogP contribution in [0.3, 0.4) is 0 Å². The van der Waals surface area contributed by atoms with Gasteiger partial charge in [-0.15, -0.1) is 0 Å². The van der Waals surface area contributed by atoms with Gasteiger partial charge < -0.3 is 10.1 Å². The van der Waals surface area contributed by atoms with Crippen LogP contribution in [0.4, 0.5) is 8.78 Å². The molecule has 2 aliphatic rings. The first kappa shape index (κ1) is 14.8. The van der Waals surface area contributed by atoms with Gasteiger partial charge >= 0.3 is 0 Å². The van der Waals surface area contributed by atoms with Crippen molar-refractivity contribution in [2.75, 3.05) is 13.7 Å². The van der Waals surface area contributed by atoms with Crippen LogP contribution in [0.5, 0.6) is 5.75 Å². The molecule has 1 N–H and O–H groups in total. The van der Waals surface area contributed by atoms with Crippen LogP contribution in [0, 0.1) is 5.92 Å². The molecule has 1 unspecified atom stereocenters. The van der Waals surface area contributed by atoms with Gasteiger partial charge in [0.05, 0.1) is 6.61 Å². The minimum atomic E-state index is -2.47. The summed E-state index contributed by atoms with van der Waals surface area (Å²) in [6.45, 7) is 0.753. The van der Waals surface area contributed by atoms with Crippen molar-refractivity contribution in [3.05, 3.63) is 29.3 Å². The van der Waals surface area contributed by atoms with Gasteiger partial charge in [0.1, 0.15) is 5.75 Å². The number of hydrogen-bond donors (Lipinski definition) is 1. The Balaban J connectivity index is 1.84. The molecule has 1 aliphatic heterocycles. The lowest BCUT2D eigenvalue weighted by molar-refractivity contribution is -0.0495. The predicted molar refractivity (Wildman–Crippen MR) is 79.0 cm³/mol. The molecule has 1 saturated carbocycles. The molecule has 0 radical (unpaired) electrons. The van der Waals surface area contributed by atoms with E-state index in [-0.39, 0.29) is 24.8 Å². The van der Waals surface area contributed by atoms with Gasteiger partial charge in [-0.2, -0.15) is 0 Å². The Hall–Kier alpha value is -1.16. The Bertz CT molecular complexity index is 494. The van der Waals surface area contributed by atoms with E-state index in [1.54, 1.807) is 0 Å². The fourth-order valence-electron chi connectivity index (χ4n) is 3.70. The highest BCUT2D eigenvalue weighted by atomic mass is 19.3. The van der Waals surface area contributed by atoms with E-state index < -0.39 is 5.92 Å². The average Bonchev–Trinajstić information content (AvgIpc) is 2.50. The van der Waals surface area contributed by atoms with Crippen LogP contribution >= 0.6 is 0 Å². The van der Waals surface area contributed by atoms with E-state index in [1.807, 2.05) is 7.05 Å². The number of hydrogen-bond acceptors (Lipinski definition) is 2. The van der Waals surface area contributed by atoms with Crippen molar-refractivity contribution in [3.8, 4) is 5.75 Å². The van der Waals surface area contributed by atoms with Crippen LogP contribution in [0.25, 0.3) is 0 Å². The van der Waals surface area contributed by atoms with E-state index in [1.165, 1.54) is 5.56 Å². The standard InChI is InChI=1S/C17H23F2NO/c1-20-15(12-7-9-17(18,19)10-8-12)14-6-2-4-13-5-3-11-21-16(13)14/h2,4,6,12,15,20H,3,5,7-11H2,1H3. The monoisotopic (exact) mass is 295 g/mol. The van der Waals surface area contributed by atoms with Crippen molar-refractivity contribution >= 4 is 0 Å². The maximum atomic E-state index is 13.4. The van der Waals surface area contributed by atoms with Crippen LogP contribution < -0.4 is 10.1 Å². The fourth-order valence-corrected chi connectivity index (χ4v) is 3.70. The van der Waals surface area contributed by atoms with E-state index in [2.05, 4.69) is 23.5 Å². The van der Waals surface area contributed by atoms with E-state index in [4.69, 9.17) is 4.74 Å². The number of halogens is 2. The van der Waals surface area contributed by atoms with Gasteiger partial charge in [0.15, 0.2) is 0 Å². The molecular weight excluding hydrogens is 272 g/mol. The average molecular weight is 295 g/mol. The van der Waals surface area contributed by atoms with Gasteiger partial charge in [-0.25, -0.2) is 8.78 Å². The maximum Gasteiger partial charge on any atom is 0.248 e. The van der Waals surface area contributed by atoms with Crippen molar-refractivity contribution in [3.63, 3.8) is 0 Å². The second kappa shape index (κ2) is 5.91. The lowest BCUT2D eigenvalue weighted by Crippen LogP contribution is -2.33. The largest absolute Gasteiger partial charge is 0.493 e. The van der Waals surface area contributed by atoms with Crippen LogP contribution in [-0.4, -0.2) is 19.6 Å². The second-order valence-electron chi connectivity index (χ2n) is 6.25. The molecule has 1 atom stereocenters. The summed E-state index contributed by atoms with van der Waals surface area (Å²) in [5.74, 6) is -1.23. The summed E-state index contributed by atoms with van der Waals surface area (Å²) in [5.41, 5.74) is 2.39. The Morgan fingerprint density at radius 1 is 1.29 bits per heavy atom. The summed E-state index contributed by atoms with van der Waals surface area (Å²) in [6.07, 6.45) is 3.25. The van der Waals surface area contributed by atoms with Gasteiger partial charge in [-0.1, -0.05) is 18.2 Å². The Labute approximate surface area is 124 Å². The molecule has 1 aromatic carbocycles. The van der Waals surface area contributed by atoms with Crippen molar-refractivity contribution < 1.29 is 13.5 Å². The van der Waals surface area contributed by atoms with Crippen LogP contribution in [0.2, 0.25) is 0 Å². The summed E-state index contributed by atoms with van der Waals surface area (Å²) in [5, 5.41) is 3.34. The Kier molecular flexibility index (Phi) is 4.16. The molecule has 0 bridgehead atoms. The van der Waals surface area contributed by atoms with E-state index in [0.29, 0.717) is 12.8 Å². The smallest absolute Gasteiger partial charge is 0.248 e. The zero-order valence-electron chi connectivity index (χ0n) is 12.5. The van der Waals surface area contributed by atoms with Crippen molar-refractivity contribution in [2.24, 2.45) is 5.92 Å². The fraction of sp³-hybridized carbons (Fsp3) is 0.647. The Morgan fingerprint density at radius 2 is 2.05 bits per heavy atom. The first-order valence-electron chi connectivity index (χ1n) is 7.90. The minimum absolute atomic E-state index is 0.00568. The summed E-state index contributed by atoms with van der Waals surface area (Å²) < 4.78 is 32.6. The number of ether oxygens (including phenoxy) is 1. The number of fused-ring (bicyclic) bond motifs is 1. The van der Waals surface area contributed by atoms with E-state index in [9.17, 15) is 8.78 Å². The molecule has 1 heterocycles. The minimum Gasteiger partial charge on any atom is -0.493 e. The highest BCUT2D eigenvalue weighted by Crippen LogP contribution is 2.44. The highest BCUT2D eigenvalue weighted by molar-refractivity contribution is 5.44. The second-order valence-corrected chi connectivity index (χ2v) is 6.25. The molecule has 2 nitrogen and oxygen atoms in total. The summed E-state index contributed by atoms with van der Waals surface area (Å²) in [7, 11) is 1.92. The molecule has 116 valence electrons. The van der Waals surface area contributed by atoms with Gasteiger partial charge in [-0.3, -0.25) is 0 Å². The number of benzene rings is 1. The molecule has 3 rings (SSSR count). The summed E-state index contributed by atoms with van der Waals surface area (Å²) in [4.78, 5) is 0. The topological polar surface area (TPSA) is 21.3 Å². The SMILES string of the molecule is CNC(c1cccc2c1OCCC2)C1CCC(F)(F)CC1. The molecule has 0 amide bonds. The molecule has 0 spiro atoms. The molecular formula is C17H23F2NO. The number of aryl methyl sites for hydroxylation is 1. The molecule has 0 saturated heterocycles. The number of nitrogens with one attached hydrogen (secondary N) is 1. The van der Waals surface area contributed by atoms with Crippen LogP contribution in [-0.2, 0) is 6.42 Å². The first-order chi connectivity index (χ1) is 10.1. The van der Waals surface area contributed by atoms with E-state index >= 15 is 0 Å². The zero-order chi connectivity index (χ0) is 14.9. The third kappa shape index (κ3) is 3.05. The number of rotatable bonds is 3. The maximum absolute atomic E-state index is 13.4. The lowest BCUT2D eigenvalue weighted by Gasteiger charge is -2.35. The molecule has 0 aromatic heterocycles. The predicted octanol–water partition coefficient (Wildman–Crippen LogP) is 4.10. The molecule has 1 aromatic rings. The third-order valence-corrected chi connectivity index (χ3v) is 4.84. The first-order valence-corrected chi connectivity index (χ1v) is 7.90. The zero-order valence-corrected chi connectivity index (χ0v) is 12.5. The summed E-state index contributed by atoms with van der Waals surface area (Å²) >= 11 is 0. The van der Waals surface area contributed by atoms with Gasteiger partial charge in [0, 0.05) is 24.4 Å². The Morgan fingerprint density at radius 3 is 2.76 bits per heavy atom. The molecule has 1 aliphatic carbocycles. The van der Waals surface area contributed by atoms with Crippen LogP contribution in [0.15, 0.2) is 18.2 Å². The number of alkyl halides is 2. The number of para-hydroxylation sites is 1. The van der Waals surface area contributed by atoms with Crippen molar-refractivity contribution in [1.82, 2.24) is 5.32 Å². The quantitative estimate of drug-likeness (QED) is 0.906. The van der Waals surface area contributed by atoms with Gasteiger partial charge in [0.25, 0.3) is 0 Å². The third-order valence-electron chi connectivity index (χ3n) is 4.84. The summed E-state index contributed by atoms with van der Waals surface area (Å²) in [6, 6.07) is 6.36. The lowest BCUT2D eigenvalue weighted by atomic mass is 9.79.